The molecule has 0 atom stereocenters. The zero-order valence-electron chi connectivity index (χ0n) is 32.0. The maximum absolute atomic E-state index is 15.6. The van der Waals surface area contributed by atoms with Crippen molar-refractivity contribution < 1.29 is 83.0 Å². The zero-order chi connectivity index (χ0) is 46.5. The molecule has 5 aromatic carbocycles. The van der Waals surface area contributed by atoms with E-state index < -0.39 is 94.2 Å². The van der Waals surface area contributed by atoms with Gasteiger partial charge in [-0.25, -0.2) is 0 Å². The second-order valence-corrected chi connectivity index (χ2v) is 17.8. The van der Waals surface area contributed by atoms with Gasteiger partial charge in [-0.2, -0.15) is 73.5 Å². The fourth-order valence-electron chi connectivity index (χ4n) is 6.27. The molecule has 0 aliphatic heterocycles. The van der Waals surface area contributed by atoms with Crippen molar-refractivity contribution in [1.82, 2.24) is 0 Å². The van der Waals surface area contributed by atoms with E-state index in [1.54, 1.807) is 0 Å². The third-order valence-corrected chi connectivity index (χ3v) is 11.9. The molecule has 0 N–H and O–H groups in total. The van der Waals surface area contributed by atoms with Crippen molar-refractivity contribution in [3.8, 4) is 11.5 Å². The van der Waals surface area contributed by atoms with Crippen molar-refractivity contribution in [2.45, 2.75) is 73.5 Å². The number of hydrogen-bond acceptors (Lipinski definition) is 8. The Balaban J connectivity index is 1.48. The molecule has 5 aromatic rings. The fourth-order valence-corrected chi connectivity index (χ4v) is 8.80. The average Bonchev–Trinajstić information content (AvgIpc) is 3.11. The molecule has 0 unspecified atom stereocenters. The lowest BCUT2D eigenvalue weighted by atomic mass is 9.68. The molecule has 0 fully saturated rings. The minimum atomic E-state index is -5.87. The molecule has 0 aliphatic carbocycles. The van der Waals surface area contributed by atoms with Crippen molar-refractivity contribution in [3.63, 3.8) is 0 Å². The van der Waals surface area contributed by atoms with Crippen molar-refractivity contribution >= 4 is 36.2 Å². The van der Waals surface area contributed by atoms with Crippen LogP contribution >= 0.6 is 15.9 Å². The molecule has 8 nitrogen and oxygen atoms in total. The highest BCUT2D eigenvalue weighted by molar-refractivity contribution is 9.10. The van der Waals surface area contributed by atoms with Crippen LogP contribution in [-0.4, -0.2) is 47.4 Å². The minimum Gasteiger partial charge on any atom is -0.426 e. The summed E-state index contributed by atoms with van der Waals surface area (Å²) in [5, 5.41) is 0. The first kappa shape index (κ1) is 48.3. The van der Waals surface area contributed by atoms with E-state index in [4.69, 9.17) is 0 Å². The molecule has 0 spiro atoms. The molecule has 0 heterocycles. The lowest BCUT2D eigenvalue weighted by molar-refractivity contribution is -0.378. The minimum absolute atomic E-state index is 0.261. The third kappa shape index (κ3) is 9.88. The van der Waals surface area contributed by atoms with E-state index in [-0.39, 0.29) is 26.7 Å². The van der Waals surface area contributed by atoms with Crippen LogP contribution in [0.3, 0.4) is 0 Å². The molecule has 0 radical (unpaired) electrons. The number of hydrogen-bond donors (Lipinski definition) is 0. The largest absolute Gasteiger partial charge is 0.495 e. The summed E-state index contributed by atoms with van der Waals surface area (Å²) in [6.07, 6.45) is -28.7. The smallest absolute Gasteiger partial charge is 0.426 e. The first-order valence-corrected chi connectivity index (χ1v) is 20.9. The Bertz CT molecular complexity index is 2470. The van der Waals surface area contributed by atoms with E-state index >= 15 is 13.2 Å². The van der Waals surface area contributed by atoms with Crippen LogP contribution in [-0.2, 0) is 34.0 Å². The van der Waals surface area contributed by atoms with Crippen molar-refractivity contribution in [1.29, 1.82) is 0 Å². The summed E-state index contributed by atoms with van der Waals surface area (Å²) in [7, 11) is -11.1. The Hall–Kier alpha value is -4.77. The number of ether oxygens (including phenoxy) is 2. The maximum Gasteiger partial charge on any atom is 0.495 e. The molecule has 22 heteroatoms. The van der Waals surface area contributed by atoms with Crippen LogP contribution in [0, 0.1) is 27.7 Å². The van der Waals surface area contributed by atoms with Gasteiger partial charge in [-0.1, -0.05) is 64.5 Å². The van der Waals surface area contributed by atoms with Gasteiger partial charge in [0, 0.05) is 4.47 Å². The monoisotopic (exact) mass is 990 g/mol. The number of halogens is 12. The van der Waals surface area contributed by atoms with Gasteiger partial charge in [0.05, 0.1) is 9.79 Å². The van der Waals surface area contributed by atoms with Gasteiger partial charge in [-0.3, -0.25) is 0 Å². The van der Waals surface area contributed by atoms with Crippen molar-refractivity contribution in [2.75, 3.05) is 0 Å². The molecule has 334 valence electrons. The van der Waals surface area contributed by atoms with Gasteiger partial charge in [-0.05, 0) is 127 Å². The summed E-state index contributed by atoms with van der Waals surface area (Å²) in [6.45, 7) is 5.59. The van der Waals surface area contributed by atoms with Gasteiger partial charge < -0.3 is 9.47 Å². The second kappa shape index (κ2) is 16.7. The maximum atomic E-state index is 15.6. The highest BCUT2D eigenvalue weighted by atomic mass is 79.9. The average molecular weight is 992 g/mol. The molecule has 5 rings (SSSR count). The highest BCUT2D eigenvalue weighted by Crippen LogP contribution is 2.52. The lowest BCUT2D eigenvalue weighted by Crippen LogP contribution is -2.48. The van der Waals surface area contributed by atoms with Gasteiger partial charge in [-0.15, -0.1) is 0 Å². The van der Waals surface area contributed by atoms with E-state index in [1.807, 2.05) is 0 Å². The summed E-state index contributed by atoms with van der Waals surface area (Å²) in [6, 6.07) is 14.6. The Kier molecular flexibility index (Phi) is 13.0. The van der Waals surface area contributed by atoms with Crippen LogP contribution < -0.4 is 9.47 Å². The van der Waals surface area contributed by atoms with E-state index in [9.17, 15) is 52.0 Å². The molecule has 0 amide bonds. The SMILES string of the molecule is Cc1cc(C)cc(S(=O)(=O)OC(F)(F)C(F)(F)Oc2ccc(C(c3ccc(Br)cc3)(c3ccc(OC(F)(F)C(F)(F)OS(=O)(=O)c4cc(C)cc(C)c4)cc3)C(F)(F)F)cc2)c1. The van der Waals surface area contributed by atoms with E-state index in [0.29, 0.717) is 48.5 Å². The quantitative estimate of drug-likeness (QED) is 0.0580. The second-order valence-electron chi connectivity index (χ2n) is 13.8. The lowest BCUT2D eigenvalue weighted by Gasteiger charge is -2.38. The van der Waals surface area contributed by atoms with Crippen LogP contribution in [0.1, 0.15) is 38.9 Å². The Morgan fingerprint density at radius 2 is 0.694 bits per heavy atom. The van der Waals surface area contributed by atoms with E-state index in [0.717, 1.165) is 36.4 Å². The first-order chi connectivity index (χ1) is 28.3. The summed E-state index contributed by atoms with van der Waals surface area (Å²) < 4.78 is 231. The predicted octanol–water partition coefficient (Wildman–Crippen LogP) is 11.5. The normalized spacial score (nSPS) is 13.5. The van der Waals surface area contributed by atoms with Gasteiger partial charge >= 0.3 is 50.8 Å². The fraction of sp³-hybridized carbons (Fsp3) is 0.250. The predicted molar refractivity (Wildman–Crippen MR) is 202 cm³/mol. The molecule has 0 saturated carbocycles. The van der Waals surface area contributed by atoms with Crippen molar-refractivity contribution in [2.24, 2.45) is 0 Å². The van der Waals surface area contributed by atoms with Gasteiger partial charge in [0.2, 0.25) is 0 Å². The number of benzene rings is 5. The number of aryl methyl sites for hydroxylation is 4. The van der Waals surface area contributed by atoms with Crippen LogP contribution in [0.15, 0.2) is 123 Å². The molecule has 0 aromatic heterocycles. The van der Waals surface area contributed by atoms with Crippen molar-refractivity contribution in [3.05, 3.63) is 153 Å². The molecule has 0 saturated heterocycles. The van der Waals surface area contributed by atoms with E-state index in [2.05, 4.69) is 33.8 Å². The van der Waals surface area contributed by atoms with Gasteiger partial charge in [0.15, 0.2) is 0 Å². The molecular weight excluding hydrogens is 961 g/mol. The van der Waals surface area contributed by atoms with Gasteiger partial charge in [0.25, 0.3) is 0 Å². The Labute approximate surface area is 355 Å². The van der Waals surface area contributed by atoms with Crippen LogP contribution in [0.25, 0.3) is 0 Å². The molecule has 0 aliphatic rings. The van der Waals surface area contributed by atoms with Crippen LogP contribution in [0.4, 0.5) is 48.3 Å². The summed E-state index contributed by atoms with van der Waals surface area (Å²) in [5.41, 5.74) is -4.56. The van der Waals surface area contributed by atoms with Crippen LogP contribution in [0.2, 0.25) is 0 Å². The third-order valence-electron chi connectivity index (χ3n) is 8.84. The standard InChI is InChI=1S/C40H30BrF11O8S2/c1-23-17-24(2)20-33(19-23)61(53,54)59-39(49,50)37(45,46)57-31-13-7-28(8-14-31)35(36(42,43)44,27-5-11-30(41)12-6-27)29-9-15-32(16-10-29)58-38(47,48)40(51,52)60-62(55,56)34-21-25(3)18-26(4)22-34/h5-22H,1-4H3. The number of alkyl halides is 11. The molecular formula is C40H30BrF11O8S2. The highest BCUT2D eigenvalue weighted by Gasteiger charge is 2.66. The summed E-state index contributed by atoms with van der Waals surface area (Å²) in [4.78, 5) is -1.77. The molecule has 0 bridgehead atoms. The Morgan fingerprint density at radius 3 is 0.968 bits per heavy atom. The number of rotatable bonds is 15. The van der Waals surface area contributed by atoms with Gasteiger partial charge in [0.1, 0.15) is 16.9 Å². The zero-order valence-corrected chi connectivity index (χ0v) is 35.2. The topological polar surface area (TPSA) is 105 Å². The summed E-state index contributed by atoms with van der Waals surface area (Å²) in [5.74, 6) is -2.40. The first-order valence-electron chi connectivity index (χ1n) is 17.3. The van der Waals surface area contributed by atoms with E-state index in [1.165, 1.54) is 52.0 Å². The Morgan fingerprint density at radius 1 is 0.419 bits per heavy atom. The summed E-state index contributed by atoms with van der Waals surface area (Å²) >= 11 is 3.08. The molecule has 62 heavy (non-hydrogen) atoms. The van der Waals surface area contributed by atoms with Crippen LogP contribution in [0.5, 0.6) is 11.5 Å².